The minimum Gasteiger partial charge on any atom is -0.396 e. The van der Waals surface area contributed by atoms with Crippen LogP contribution in [0.2, 0.25) is 0 Å². The first kappa shape index (κ1) is 13.4. The number of nitrogens with two attached hydrogens (primary N) is 1. The molecule has 0 aliphatic carbocycles. The third kappa shape index (κ3) is 3.69. The number of hydrogen-bond acceptors (Lipinski definition) is 4. The van der Waals surface area contributed by atoms with Gasteiger partial charge in [0.2, 0.25) is 0 Å². The average Bonchev–Trinajstić information content (AvgIpc) is 2.14. The monoisotopic (exact) mass is 236 g/mol. The first-order chi connectivity index (χ1) is 7.70. The number of anilines is 1. The molecule has 5 heteroatoms. The molecule has 0 aromatic carbocycles. The summed E-state index contributed by atoms with van der Waals surface area (Å²) < 4.78 is 0. The van der Waals surface area contributed by atoms with Crippen LogP contribution in [0.25, 0.3) is 0 Å². The lowest BCUT2D eigenvalue weighted by molar-refractivity contribution is 0.0915. The Labute approximate surface area is 102 Å². The Kier molecular flexibility index (Phi) is 3.70. The van der Waals surface area contributed by atoms with Crippen LogP contribution in [0.3, 0.4) is 0 Å². The molecule has 0 unspecified atom stereocenters. The summed E-state index contributed by atoms with van der Waals surface area (Å²) >= 11 is 0. The Balaban J connectivity index is 3.04. The Morgan fingerprint density at radius 1 is 1.41 bits per heavy atom. The second-order valence-corrected chi connectivity index (χ2v) is 5.39. The van der Waals surface area contributed by atoms with E-state index in [4.69, 9.17) is 5.73 Å². The summed E-state index contributed by atoms with van der Waals surface area (Å²) in [6.45, 7) is 9.66. The number of nitrogen functional groups attached to an aromatic ring is 1. The van der Waals surface area contributed by atoms with E-state index in [1.54, 1.807) is 0 Å². The summed E-state index contributed by atoms with van der Waals surface area (Å²) in [7, 11) is 0. The van der Waals surface area contributed by atoms with Crippen LogP contribution in [0.15, 0.2) is 6.20 Å². The van der Waals surface area contributed by atoms with Crippen LogP contribution < -0.4 is 11.1 Å². The quantitative estimate of drug-likeness (QED) is 0.819. The van der Waals surface area contributed by atoms with Gasteiger partial charge in [0, 0.05) is 11.5 Å². The highest BCUT2D eigenvalue weighted by Crippen LogP contribution is 2.14. The Morgan fingerprint density at radius 3 is 2.47 bits per heavy atom. The number of rotatable bonds is 2. The van der Waals surface area contributed by atoms with Crippen molar-refractivity contribution in [2.45, 2.75) is 46.1 Å². The Hall–Kier alpha value is -1.65. The zero-order valence-corrected chi connectivity index (χ0v) is 11.0. The van der Waals surface area contributed by atoms with Gasteiger partial charge in [0.25, 0.3) is 5.91 Å². The number of nitrogens with zero attached hydrogens (tertiary/aromatic N) is 2. The molecule has 0 bridgehead atoms. The normalized spacial score (nSPS) is 11.6. The summed E-state index contributed by atoms with van der Waals surface area (Å²) in [6, 6.07) is 0. The molecular weight excluding hydrogens is 216 g/mol. The first-order valence-electron chi connectivity index (χ1n) is 5.65. The van der Waals surface area contributed by atoms with Gasteiger partial charge in [-0.05, 0) is 20.8 Å². The lowest BCUT2D eigenvalue weighted by Gasteiger charge is -2.20. The summed E-state index contributed by atoms with van der Waals surface area (Å²) in [4.78, 5) is 20.3. The van der Waals surface area contributed by atoms with Gasteiger partial charge < -0.3 is 11.1 Å². The van der Waals surface area contributed by atoms with E-state index >= 15 is 0 Å². The molecule has 0 radical (unpaired) electrons. The van der Waals surface area contributed by atoms with Gasteiger partial charge in [0.05, 0.1) is 11.9 Å². The van der Waals surface area contributed by atoms with Crippen molar-refractivity contribution in [3.8, 4) is 0 Å². The van der Waals surface area contributed by atoms with Gasteiger partial charge in [-0.1, -0.05) is 13.8 Å². The van der Waals surface area contributed by atoms with Crippen LogP contribution in [0.1, 0.15) is 56.8 Å². The summed E-state index contributed by atoms with van der Waals surface area (Å²) in [5.41, 5.74) is 5.96. The SMILES string of the molecule is CC(C)c1ncc(N)c(C(=O)NC(C)(C)C)n1. The number of carbonyl (C=O) groups is 1. The maximum absolute atomic E-state index is 12.0. The zero-order valence-electron chi connectivity index (χ0n) is 11.0. The molecule has 0 saturated heterocycles. The average molecular weight is 236 g/mol. The van der Waals surface area contributed by atoms with Gasteiger partial charge in [-0.25, -0.2) is 9.97 Å². The smallest absolute Gasteiger partial charge is 0.272 e. The predicted octanol–water partition coefficient (Wildman–Crippen LogP) is 1.71. The van der Waals surface area contributed by atoms with Gasteiger partial charge in [-0.2, -0.15) is 0 Å². The molecule has 1 aromatic rings. The maximum atomic E-state index is 12.0. The van der Waals surface area contributed by atoms with Gasteiger partial charge in [-0.15, -0.1) is 0 Å². The minimum absolute atomic E-state index is 0.164. The molecule has 94 valence electrons. The van der Waals surface area contributed by atoms with E-state index in [-0.39, 0.29) is 23.1 Å². The Bertz CT molecular complexity index is 421. The number of aromatic nitrogens is 2. The number of amides is 1. The van der Waals surface area contributed by atoms with Crippen molar-refractivity contribution in [2.24, 2.45) is 0 Å². The molecule has 3 N–H and O–H groups in total. The lowest BCUT2D eigenvalue weighted by atomic mass is 10.1. The van der Waals surface area contributed by atoms with Crippen LogP contribution in [-0.2, 0) is 0 Å². The fourth-order valence-electron chi connectivity index (χ4n) is 1.26. The molecule has 0 aliphatic heterocycles. The van der Waals surface area contributed by atoms with Crippen LogP contribution in [0.4, 0.5) is 5.69 Å². The first-order valence-corrected chi connectivity index (χ1v) is 5.65. The van der Waals surface area contributed by atoms with E-state index in [0.717, 1.165) is 0 Å². The molecule has 5 nitrogen and oxygen atoms in total. The van der Waals surface area contributed by atoms with Crippen LogP contribution >= 0.6 is 0 Å². The molecule has 1 aromatic heterocycles. The summed E-state index contributed by atoms with van der Waals surface area (Å²) in [5, 5.41) is 2.83. The molecule has 0 spiro atoms. The van der Waals surface area contributed by atoms with E-state index in [2.05, 4.69) is 15.3 Å². The standard InChI is InChI=1S/C12H20N4O/c1-7(2)10-14-6-8(13)9(15-10)11(17)16-12(3,4)5/h6-7H,13H2,1-5H3,(H,16,17). The summed E-state index contributed by atoms with van der Waals surface area (Å²) in [6.07, 6.45) is 1.49. The van der Waals surface area contributed by atoms with E-state index in [0.29, 0.717) is 11.5 Å². The number of hydrogen-bond donors (Lipinski definition) is 2. The van der Waals surface area contributed by atoms with Crippen molar-refractivity contribution < 1.29 is 4.79 Å². The molecular formula is C12H20N4O. The van der Waals surface area contributed by atoms with Crippen molar-refractivity contribution in [1.82, 2.24) is 15.3 Å². The topological polar surface area (TPSA) is 80.9 Å². The minimum atomic E-state index is -0.313. The van der Waals surface area contributed by atoms with E-state index < -0.39 is 0 Å². The molecule has 17 heavy (non-hydrogen) atoms. The predicted molar refractivity (Wildman–Crippen MR) is 67.8 cm³/mol. The fraction of sp³-hybridized carbons (Fsp3) is 0.583. The molecule has 0 aliphatic rings. The number of carbonyl (C=O) groups excluding carboxylic acids is 1. The molecule has 1 amide bonds. The molecule has 1 heterocycles. The third-order valence-corrected chi connectivity index (χ3v) is 2.06. The maximum Gasteiger partial charge on any atom is 0.272 e. The lowest BCUT2D eigenvalue weighted by Crippen LogP contribution is -2.41. The second-order valence-electron chi connectivity index (χ2n) is 5.39. The van der Waals surface area contributed by atoms with Gasteiger partial charge in [0.15, 0.2) is 5.69 Å². The van der Waals surface area contributed by atoms with Crippen molar-refractivity contribution in [1.29, 1.82) is 0 Å². The van der Waals surface area contributed by atoms with Crippen molar-refractivity contribution in [2.75, 3.05) is 5.73 Å². The second kappa shape index (κ2) is 4.69. The van der Waals surface area contributed by atoms with Crippen LogP contribution in [-0.4, -0.2) is 21.4 Å². The van der Waals surface area contributed by atoms with E-state index in [1.165, 1.54) is 6.20 Å². The van der Waals surface area contributed by atoms with E-state index in [1.807, 2.05) is 34.6 Å². The molecule has 0 atom stereocenters. The van der Waals surface area contributed by atoms with Crippen LogP contribution in [0.5, 0.6) is 0 Å². The third-order valence-electron chi connectivity index (χ3n) is 2.06. The highest BCUT2D eigenvalue weighted by molar-refractivity contribution is 5.97. The van der Waals surface area contributed by atoms with Gasteiger partial charge in [-0.3, -0.25) is 4.79 Å². The molecule has 1 rings (SSSR count). The fourth-order valence-corrected chi connectivity index (χ4v) is 1.26. The van der Waals surface area contributed by atoms with Gasteiger partial charge in [0.1, 0.15) is 5.82 Å². The van der Waals surface area contributed by atoms with Crippen molar-refractivity contribution in [3.05, 3.63) is 17.7 Å². The molecule has 0 saturated carbocycles. The van der Waals surface area contributed by atoms with E-state index in [9.17, 15) is 4.79 Å². The zero-order chi connectivity index (χ0) is 13.2. The largest absolute Gasteiger partial charge is 0.396 e. The number of nitrogens with one attached hydrogen (secondary N) is 1. The highest BCUT2D eigenvalue weighted by Gasteiger charge is 2.19. The van der Waals surface area contributed by atoms with Crippen molar-refractivity contribution in [3.63, 3.8) is 0 Å². The Morgan fingerprint density at radius 2 is 2.00 bits per heavy atom. The highest BCUT2D eigenvalue weighted by atomic mass is 16.2. The van der Waals surface area contributed by atoms with Crippen LogP contribution in [0, 0.1) is 0 Å². The van der Waals surface area contributed by atoms with Crippen molar-refractivity contribution >= 4 is 11.6 Å². The molecule has 0 fully saturated rings. The summed E-state index contributed by atoms with van der Waals surface area (Å²) in [5.74, 6) is 0.523. The van der Waals surface area contributed by atoms with Gasteiger partial charge >= 0.3 is 0 Å².